The number of rotatable bonds is 4. The lowest BCUT2D eigenvalue weighted by Gasteiger charge is -1.87. The van der Waals surface area contributed by atoms with Crippen LogP contribution in [0.25, 0.3) is 0 Å². The third-order valence-corrected chi connectivity index (χ3v) is 4.47. The highest BCUT2D eigenvalue weighted by molar-refractivity contribution is 8.02. The van der Waals surface area contributed by atoms with E-state index in [0.717, 1.165) is 11.3 Å². The molecule has 0 aromatic carbocycles. The van der Waals surface area contributed by atoms with E-state index >= 15 is 0 Å². The molecular weight excluding hydrogens is 270 g/mol. The maximum atomic E-state index is 10.6. The molecule has 9 heteroatoms. The predicted molar refractivity (Wildman–Crippen MR) is 59.0 cm³/mol. The molecule has 6 nitrogen and oxygen atoms in total. The summed E-state index contributed by atoms with van der Waals surface area (Å²) in [5.74, 6) is -0.988. The molecule has 0 radical (unpaired) electrons. The van der Waals surface area contributed by atoms with Gasteiger partial charge in [-0.1, -0.05) is 11.3 Å². The van der Waals surface area contributed by atoms with Gasteiger partial charge in [-0.05, 0) is 11.8 Å². The van der Waals surface area contributed by atoms with Crippen molar-refractivity contribution in [2.24, 2.45) is 0 Å². The molecular formula is C7H5N3O3S3. The van der Waals surface area contributed by atoms with Gasteiger partial charge in [-0.3, -0.25) is 0 Å². The van der Waals surface area contributed by atoms with Gasteiger partial charge in [-0.2, -0.15) is 0 Å². The number of thiazole rings is 1. The second-order valence-electron chi connectivity index (χ2n) is 2.52. The average molecular weight is 275 g/mol. The van der Waals surface area contributed by atoms with Crippen molar-refractivity contribution < 1.29 is 15.0 Å². The van der Waals surface area contributed by atoms with Crippen LogP contribution in [0.4, 0.5) is 0 Å². The SMILES string of the molecule is O=C(O)c1cnc(Sc2nnc(CO)s2)s1. The Balaban J connectivity index is 2.11. The lowest BCUT2D eigenvalue weighted by atomic mass is 10.6. The fraction of sp³-hybridized carbons (Fsp3) is 0.143. The maximum Gasteiger partial charge on any atom is 0.347 e. The van der Waals surface area contributed by atoms with Crippen LogP contribution in [0.5, 0.6) is 0 Å². The van der Waals surface area contributed by atoms with Crippen LogP contribution in [-0.4, -0.2) is 31.4 Å². The Labute approximate surface area is 102 Å². The van der Waals surface area contributed by atoms with Gasteiger partial charge >= 0.3 is 5.97 Å². The summed E-state index contributed by atoms with van der Waals surface area (Å²) in [7, 11) is 0. The van der Waals surface area contributed by atoms with Crippen molar-refractivity contribution in [1.29, 1.82) is 0 Å². The van der Waals surface area contributed by atoms with Gasteiger partial charge in [0.25, 0.3) is 0 Å². The van der Waals surface area contributed by atoms with Crippen LogP contribution in [0.3, 0.4) is 0 Å². The van der Waals surface area contributed by atoms with E-state index in [-0.39, 0.29) is 11.5 Å². The summed E-state index contributed by atoms with van der Waals surface area (Å²) in [6, 6.07) is 0. The highest BCUT2D eigenvalue weighted by Gasteiger charge is 2.12. The number of carboxylic acids is 1. The molecule has 2 N–H and O–H groups in total. The lowest BCUT2D eigenvalue weighted by molar-refractivity contribution is 0.0702. The molecule has 2 rings (SSSR count). The van der Waals surface area contributed by atoms with Crippen LogP contribution in [0.1, 0.15) is 14.7 Å². The molecule has 2 heterocycles. The first-order valence-electron chi connectivity index (χ1n) is 3.99. The van der Waals surface area contributed by atoms with E-state index in [2.05, 4.69) is 15.2 Å². The fourth-order valence-electron chi connectivity index (χ4n) is 0.822. The lowest BCUT2D eigenvalue weighted by Crippen LogP contribution is -1.89. The third-order valence-electron chi connectivity index (χ3n) is 1.45. The normalized spacial score (nSPS) is 10.6. The molecule has 0 aliphatic carbocycles. The van der Waals surface area contributed by atoms with E-state index in [0.29, 0.717) is 13.7 Å². The van der Waals surface area contributed by atoms with Gasteiger partial charge < -0.3 is 10.2 Å². The number of hydrogen-bond donors (Lipinski definition) is 2. The molecule has 0 saturated carbocycles. The van der Waals surface area contributed by atoms with Gasteiger partial charge in [0, 0.05) is 0 Å². The summed E-state index contributed by atoms with van der Waals surface area (Å²) >= 11 is 3.58. The molecule has 0 bridgehead atoms. The molecule has 0 amide bonds. The summed E-state index contributed by atoms with van der Waals surface area (Å²) in [5.41, 5.74) is 0. The van der Waals surface area contributed by atoms with Gasteiger partial charge in [0.2, 0.25) is 0 Å². The Morgan fingerprint density at radius 2 is 2.19 bits per heavy atom. The Morgan fingerprint density at radius 1 is 1.38 bits per heavy atom. The number of carbonyl (C=O) groups is 1. The molecule has 2 aromatic rings. The van der Waals surface area contributed by atoms with Gasteiger partial charge in [-0.15, -0.1) is 21.5 Å². The first kappa shape index (κ1) is 11.5. The summed E-state index contributed by atoms with van der Waals surface area (Å²) in [6.45, 7) is -0.142. The molecule has 0 saturated heterocycles. The third kappa shape index (κ3) is 2.55. The highest BCUT2D eigenvalue weighted by atomic mass is 32.2. The minimum atomic E-state index is -0.988. The number of carboxylic acid groups (broad SMARTS) is 1. The minimum absolute atomic E-state index is 0.142. The first-order chi connectivity index (χ1) is 7.69. The highest BCUT2D eigenvalue weighted by Crippen LogP contribution is 2.32. The molecule has 0 fully saturated rings. The van der Waals surface area contributed by atoms with E-state index in [9.17, 15) is 4.79 Å². The molecule has 0 atom stereocenters. The molecule has 2 aromatic heterocycles. The van der Waals surface area contributed by atoms with Gasteiger partial charge in [-0.25, -0.2) is 9.78 Å². The van der Waals surface area contributed by atoms with Crippen LogP contribution in [0.15, 0.2) is 14.9 Å². The molecule has 16 heavy (non-hydrogen) atoms. The van der Waals surface area contributed by atoms with Crippen molar-refractivity contribution >= 4 is 40.4 Å². The maximum absolute atomic E-state index is 10.6. The second-order valence-corrected chi connectivity index (χ2v) is 6.10. The van der Waals surface area contributed by atoms with Gasteiger partial charge in [0.15, 0.2) is 8.68 Å². The predicted octanol–water partition coefficient (Wildman–Crippen LogP) is 1.34. The monoisotopic (exact) mass is 275 g/mol. The molecule has 0 aliphatic rings. The van der Waals surface area contributed by atoms with Crippen molar-refractivity contribution in [3.8, 4) is 0 Å². The Bertz CT molecular complexity index is 510. The van der Waals surface area contributed by atoms with Crippen LogP contribution in [0, 0.1) is 0 Å². The summed E-state index contributed by atoms with van der Waals surface area (Å²) in [6.07, 6.45) is 1.31. The molecule has 0 aliphatic heterocycles. The minimum Gasteiger partial charge on any atom is -0.477 e. The zero-order valence-corrected chi connectivity index (χ0v) is 10.1. The van der Waals surface area contributed by atoms with E-state index in [1.807, 2.05) is 0 Å². The van der Waals surface area contributed by atoms with Crippen LogP contribution in [-0.2, 0) is 6.61 Å². The van der Waals surface area contributed by atoms with Crippen LogP contribution >= 0.6 is 34.4 Å². The largest absolute Gasteiger partial charge is 0.477 e. The summed E-state index contributed by atoms with van der Waals surface area (Å²) in [4.78, 5) is 14.8. The number of aliphatic hydroxyl groups is 1. The molecule has 0 spiro atoms. The smallest absolute Gasteiger partial charge is 0.347 e. The molecule has 84 valence electrons. The van der Waals surface area contributed by atoms with Gasteiger partial charge in [0.05, 0.1) is 12.8 Å². The van der Waals surface area contributed by atoms with Crippen molar-refractivity contribution in [3.63, 3.8) is 0 Å². The van der Waals surface area contributed by atoms with Crippen molar-refractivity contribution in [1.82, 2.24) is 15.2 Å². The number of aromatic carboxylic acids is 1. The van der Waals surface area contributed by atoms with Gasteiger partial charge in [0.1, 0.15) is 9.88 Å². The topological polar surface area (TPSA) is 96.2 Å². The van der Waals surface area contributed by atoms with Crippen LogP contribution < -0.4 is 0 Å². The van der Waals surface area contributed by atoms with E-state index in [1.54, 1.807) is 0 Å². The van der Waals surface area contributed by atoms with E-state index in [1.165, 1.54) is 29.3 Å². The number of aromatic nitrogens is 3. The zero-order valence-electron chi connectivity index (χ0n) is 7.65. The number of nitrogens with zero attached hydrogens (tertiary/aromatic N) is 3. The Kier molecular flexibility index (Phi) is 3.49. The standard InChI is InChI=1S/C7H5N3O3S3/c11-2-4-9-10-7(15-4)16-6-8-1-3(14-6)5(12)13/h1,11H,2H2,(H,12,13). The average Bonchev–Trinajstić information content (AvgIpc) is 2.87. The summed E-state index contributed by atoms with van der Waals surface area (Å²) < 4.78 is 1.23. The summed E-state index contributed by atoms with van der Waals surface area (Å²) in [5, 5.41) is 25.6. The zero-order chi connectivity index (χ0) is 11.5. The first-order valence-corrected chi connectivity index (χ1v) is 6.44. The number of aliphatic hydroxyl groups excluding tert-OH is 1. The Morgan fingerprint density at radius 3 is 2.75 bits per heavy atom. The number of hydrogen-bond acceptors (Lipinski definition) is 8. The Hall–Kier alpha value is -1.03. The van der Waals surface area contributed by atoms with Crippen molar-refractivity contribution in [2.75, 3.05) is 0 Å². The van der Waals surface area contributed by atoms with Crippen molar-refractivity contribution in [3.05, 3.63) is 16.1 Å². The van der Waals surface area contributed by atoms with E-state index in [4.69, 9.17) is 10.2 Å². The second kappa shape index (κ2) is 4.87. The quantitative estimate of drug-likeness (QED) is 0.869. The van der Waals surface area contributed by atoms with E-state index < -0.39 is 5.97 Å². The van der Waals surface area contributed by atoms with Crippen molar-refractivity contribution in [2.45, 2.75) is 15.3 Å². The van der Waals surface area contributed by atoms with Crippen LogP contribution in [0.2, 0.25) is 0 Å². The fourth-order valence-corrected chi connectivity index (χ4v) is 3.60. The molecule has 0 unspecified atom stereocenters.